The number of imidazole rings is 1. The van der Waals surface area contributed by atoms with Gasteiger partial charge in [-0.1, -0.05) is 54.1 Å². The lowest BCUT2D eigenvalue weighted by atomic mass is 10.0. The molecule has 1 heterocycles. The minimum absolute atomic E-state index is 0.372. The van der Waals surface area contributed by atoms with Gasteiger partial charge in [0.1, 0.15) is 22.3 Å². The van der Waals surface area contributed by atoms with Crippen molar-refractivity contribution in [1.29, 1.82) is 0 Å². The predicted molar refractivity (Wildman–Crippen MR) is 127 cm³/mol. The molecule has 8 nitrogen and oxygen atoms in total. The minimum Gasteiger partial charge on any atom is -0.453 e. The number of benzene rings is 2. The Morgan fingerprint density at radius 3 is 2.33 bits per heavy atom. The molecule has 2 aromatic carbocycles. The van der Waals surface area contributed by atoms with Gasteiger partial charge in [-0.25, -0.2) is 14.6 Å². The number of alkyl carbamates (subject to hydrolysis) is 1. The summed E-state index contributed by atoms with van der Waals surface area (Å²) < 4.78 is 10.0. The number of nitrogens with one attached hydrogen (secondary N) is 3. The fourth-order valence-corrected chi connectivity index (χ4v) is 3.41. The zero-order chi connectivity index (χ0) is 24.0. The molecular weight excluding hydrogens is 444 g/mol. The number of amides is 2. The summed E-state index contributed by atoms with van der Waals surface area (Å²) in [5.41, 5.74) is 2.23. The summed E-state index contributed by atoms with van der Waals surface area (Å²) in [6, 6.07) is 16.3. The molecule has 3 aromatic rings. The summed E-state index contributed by atoms with van der Waals surface area (Å²) in [5.74, 6) is 0.608. The molecule has 0 fully saturated rings. The molecular formula is C24H27ClN4O4. The highest BCUT2D eigenvalue weighted by Gasteiger charge is 2.22. The van der Waals surface area contributed by atoms with E-state index in [1.165, 1.54) is 7.11 Å². The maximum atomic E-state index is 12.4. The van der Waals surface area contributed by atoms with E-state index in [0.717, 1.165) is 11.1 Å². The van der Waals surface area contributed by atoms with E-state index in [2.05, 4.69) is 25.3 Å². The number of carbonyl (C=O) groups is 2. The van der Waals surface area contributed by atoms with Crippen LogP contribution in [0.1, 0.15) is 38.2 Å². The van der Waals surface area contributed by atoms with E-state index in [-0.39, 0.29) is 6.04 Å². The first kappa shape index (κ1) is 24.1. The maximum absolute atomic E-state index is 12.4. The summed E-state index contributed by atoms with van der Waals surface area (Å²) >= 11 is 6.43. The van der Waals surface area contributed by atoms with Crippen molar-refractivity contribution in [2.75, 3.05) is 12.4 Å². The molecule has 0 bridgehead atoms. The normalized spacial score (nSPS) is 12.0. The van der Waals surface area contributed by atoms with Crippen molar-refractivity contribution >= 4 is 29.5 Å². The third-order valence-corrected chi connectivity index (χ3v) is 4.86. The van der Waals surface area contributed by atoms with Crippen molar-refractivity contribution in [1.82, 2.24) is 15.3 Å². The lowest BCUT2D eigenvalue weighted by Gasteiger charge is -2.23. The number of methoxy groups -OCH3 is 1. The number of nitrogens with zero attached hydrogens (tertiary/aromatic N) is 1. The third kappa shape index (κ3) is 6.98. The predicted octanol–water partition coefficient (Wildman–Crippen LogP) is 5.72. The Hall–Kier alpha value is -3.52. The van der Waals surface area contributed by atoms with Crippen molar-refractivity contribution in [2.24, 2.45) is 0 Å². The standard InChI is InChI=1S/C24H27ClN4O4/c1-24(2,3)33-23(31)27-18(15-8-6-5-7-9-15)14-19-28-20(21(25)29-19)16-10-12-17(13-11-16)26-22(30)32-4/h5-13,18H,14H2,1-4H3,(H,26,30)(H,27,31)(H,28,29). The quantitative estimate of drug-likeness (QED) is 0.427. The molecule has 33 heavy (non-hydrogen) atoms. The number of hydrogen-bond acceptors (Lipinski definition) is 5. The van der Waals surface area contributed by atoms with Gasteiger partial charge < -0.3 is 19.8 Å². The minimum atomic E-state index is -0.610. The fraction of sp³-hybridized carbons (Fsp3) is 0.292. The van der Waals surface area contributed by atoms with Crippen LogP contribution < -0.4 is 10.6 Å². The summed E-state index contributed by atoms with van der Waals surface area (Å²) in [6.45, 7) is 5.44. The van der Waals surface area contributed by atoms with Crippen LogP contribution in [0, 0.1) is 0 Å². The molecule has 0 aliphatic heterocycles. The molecule has 2 amide bonds. The van der Waals surface area contributed by atoms with Gasteiger partial charge >= 0.3 is 12.2 Å². The fourth-order valence-electron chi connectivity index (χ4n) is 3.15. The van der Waals surface area contributed by atoms with Gasteiger partial charge in [-0.2, -0.15) is 0 Å². The molecule has 174 valence electrons. The highest BCUT2D eigenvalue weighted by Crippen LogP contribution is 2.28. The molecule has 1 atom stereocenters. The molecule has 3 rings (SSSR count). The number of H-pyrrole nitrogens is 1. The first-order valence-electron chi connectivity index (χ1n) is 10.4. The molecule has 0 radical (unpaired) electrons. The number of ether oxygens (including phenoxy) is 2. The van der Waals surface area contributed by atoms with Gasteiger partial charge in [0, 0.05) is 17.7 Å². The molecule has 0 spiro atoms. The molecule has 0 saturated carbocycles. The topological polar surface area (TPSA) is 105 Å². The first-order valence-corrected chi connectivity index (χ1v) is 10.8. The number of hydrogen-bond donors (Lipinski definition) is 3. The Labute approximate surface area is 197 Å². The van der Waals surface area contributed by atoms with E-state index >= 15 is 0 Å². The lowest BCUT2D eigenvalue weighted by molar-refractivity contribution is 0.0503. The SMILES string of the molecule is COC(=O)Nc1ccc(-c2nc(CC(NC(=O)OC(C)(C)C)c3ccccc3)[nH]c2Cl)cc1. The molecule has 0 saturated heterocycles. The van der Waals surface area contributed by atoms with Crippen molar-refractivity contribution in [2.45, 2.75) is 38.8 Å². The average Bonchev–Trinajstić information content (AvgIpc) is 3.13. The number of anilines is 1. The average molecular weight is 471 g/mol. The zero-order valence-corrected chi connectivity index (χ0v) is 19.7. The first-order chi connectivity index (χ1) is 15.6. The Kier molecular flexibility index (Phi) is 7.60. The number of carbonyl (C=O) groups excluding carboxylic acids is 2. The van der Waals surface area contributed by atoms with Crippen LogP contribution in [0.4, 0.5) is 15.3 Å². The number of halogens is 1. The van der Waals surface area contributed by atoms with E-state index in [4.69, 9.17) is 16.3 Å². The maximum Gasteiger partial charge on any atom is 0.411 e. The van der Waals surface area contributed by atoms with Crippen LogP contribution in [0.25, 0.3) is 11.3 Å². The second-order valence-corrected chi connectivity index (χ2v) is 8.73. The third-order valence-electron chi connectivity index (χ3n) is 4.59. The second-order valence-electron chi connectivity index (χ2n) is 8.35. The monoisotopic (exact) mass is 470 g/mol. The van der Waals surface area contributed by atoms with Crippen molar-refractivity contribution in [3.63, 3.8) is 0 Å². The Morgan fingerprint density at radius 1 is 1.06 bits per heavy atom. The van der Waals surface area contributed by atoms with Gasteiger partial charge in [-0.15, -0.1) is 0 Å². The molecule has 1 aromatic heterocycles. The van der Waals surface area contributed by atoms with Crippen molar-refractivity contribution < 1.29 is 19.1 Å². The number of rotatable bonds is 6. The van der Waals surface area contributed by atoms with Crippen LogP contribution in [0.2, 0.25) is 5.15 Å². The molecule has 0 aliphatic carbocycles. The highest BCUT2D eigenvalue weighted by molar-refractivity contribution is 6.31. The Bertz CT molecular complexity index is 1090. The van der Waals surface area contributed by atoms with Crippen LogP contribution in [0.15, 0.2) is 54.6 Å². The number of aromatic nitrogens is 2. The summed E-state index contributed by atoms with van der Waals surface area (Å²) in [5, 5.41) is 5.89. The second kappa shape index (κ2) is 10.4. The van der Waals surface area contributed by atoms with Crippen LogP contribution in [0.5, 0.6) is 0 Å². The summed E-state index contributed by atoms with van der Waals surface area (Å²) in [4.78, 5) is 31.5. The van der Waals surface area contributed by atoms with Crippen LogP contribution in [-0.4, -0.2) is 34.9 Å². The Balaban J connectivity index is 1.79. The van der Waals surface area contributed by atoms with E-state index < -0.39 is 17.8 Å². The van der Waals surface area contributed by atoms with Crippen LogP contribution >= 0.6 is 11.6 Å². The van der Waals surface area contributed by atoms with Gasteiger partial charge in [0.2, 0.25) is 0 Å². The molecule has 1 unspecified atom stereocenters. The molecule has 3 N–H and O–H groups in total. The van der Waals surface area contributed by atoms with E-state index in [0.29, 0.717) is 28.8 Å². The molecule has 9 heteroatoms. The highest BCUT2D eigenvalue weighted by atomic mass is 35.5. The molecule has 0 aliphatic rings. The van der Waals surface area contributed by atoms with Gasteiger partial charge in [-0.05, 0) is 38.5 Å². The van der Waals surface area contributed by atoms with Gasteiger partial charge in [-0.3, -0.25) is 5.32 Å². The van der Waals surface area contributed by atoms with Crippen LogP contribution in [0.3, 0.4) is 0 Å². The summed E-state index contributed by atoms with van der Waals surface area (Å²) in [7, 11) is 1.30. The smallest absolute Gasteiger partial charge is 0.411 e. The zero-order valence-electron chi connectivity index (χ0n) is 18.9. The van der Waals surface area contributed by atoms with E-state index in [1.54, 1.807) is 24.3 Å². The van der Waals surface area contributed by atoms with Crippen molar-refractivity contribution in [3.05, 3.63) is 71.1 Å². The van der Waals surface area contributed by atoms with Crippen LogP contribution in [-0.2, 0) is 15.9 Å². The van der Waals surface area contributed by atoms with Gasteiger partial charge in [0.25, 0.3) is 0 Å². The Morgan fingerprint density at radius 2 is 1.73 bits per heavy atom. The van der Waals surface area contributed by atoms with Crippen molar-refractivity contribution in [3.8, 4) is 11.3 Å². The summed E-state index contributed by atoms with van der Waals surface area (Å²) in [6.07, 6.45) is -0.680. The number of aromatic amines is 1. The lowest BCUT2D eigenvalue weighted by Crippen LogP contribution is -2.35. The largest absolute Gasteiger partial charge is 0.453 e. The van der Waals surface area contributed by atoms with Gasteiger partial charge in [0.05, 0.1) is 13.2 Å². The van der Waals surface area contributed by atoms with E-state index in [9.17, 15) is 9.59 Å². The van der Waals surface area contributed by atoms with E-state index in [1.807, 2.05) is 51.1 Å². The van der Waals surface area contributed by atoms with Gasteiger partial charge in [0.15, 0.2) is 0 Å².